The van der Waals surface area contributed by atoms with Gasteiger partial charge in [0.1, 0.15) is 17.9 Å². The predicted octanol–water partition coefficient (Wildman–Crippen LogP) is 1.82. The van der Waals surface area contributed by atoms with Crippen molar-refractivity contribution >= 4 is 22.7 Å². The molecular weight excluding hydrogens is 306 g/mol. The van der Waals surface area contributed by atoms with E-state index in [4.69, 9.17) is 4.74 Å². The van der Waals surface area contributed by atoms with E-state index >= 15 is 0 Å². The maximum atomic E-state index is 12.4. The van der Waals surface area contributed by atoms with Gasteiger partial charge in [0, 0.05) is 49.5 Å². The Morgan fingerprint density at radius 1 is 1.17 bits per heavy atom. The van der Waals surface area contributed by atoms with Crippen molar-refractivity contribution < 1.29 is 14.3 Å². The van der Waals surface area contributed by atoms with Gasteiger partial charge in [0.2, 0.25) is 11.8 Å². The van der Waals surface area contributed by atoms with E-state index in [1.165, 1.54) is 0 Å². The summed E-state index contributed by atoms with van der Waals surface area (Å²) in [6.07, 6.45) is 4.72. The number of hydrogen-bond acceptors (Lipinski definition) is 3. The summed E-state index contributed by atoms with van der Waals surface area (Å²) in [5.41, 5.74) is 1.07. The summed E-state index contributed by atoms with van der Waals surface area (Å²) in [6, 6.07) is 7.69. The monoisotopic (exact) mass is 327 g/mol. The van der Waals surface area contributed by atoms with Crippen LogP contribution in [0.15, 0.2) is 30.5 Å². The molecule has 2 aliphatic rings. The lowest BCUT2D eigenvalue weighted by Gasteiger charge is -2.33. The van der Waals surface area contributed by atoms with Crippen LogP contribution < -0.4 is 10.1 Å². The maximum absolute atomic E-state index is 12.4. The zero-order chi connectivity index (χ0) is 16.5. The third-order valence-electron chi connectivity index (χ3n) is 4.90. The highest BCUT2D eigenvalue weighted by atomic mass is 16.5. The Balaban J connectivity index is 1.35. The first kappa shape index (κ1) is 15.1. The van der Waals surface area contributed by atoms with Crippen molar-refractivity contribution in [2.45, 2.75) is 37.8 Å². The Kier molecular flexibility index (Phi) is 3.88. The van der Waals surface area contributed by atoms with Crippen molar-refractivity contribution in [3.05, 3.63) is 30.5 Å². The van der Waals surface area contributed by atoms with Crippen molar-refractivity contribution in [1.82, 2.24) is 15.2 Å². The SMILES string of the molecule is O=C1CCC(C(=O)N2CCC(Oc3cccc4[nH]ccc34)CC2)N1. The fourth-order valence-corrected chi connectivity index (χ4v) is 3.55. The maximum Gasteiger partial charge on any atom is 0.245 e. The van der Waals surface area contributed by atoms with Crippen molar-refractivity contribution in [3.63, 3.8) is 0 Å². The predicted molar refractivity (Wildman–Crippen MR) is 89.7 cm³/mol. The second-order valence-electron chi connectivity index (χ2n) is 6.50. The summed E-state index contributed by atoms with van der Waals surface area (Å²) in [5, 5.41) is 3.84. The van der Waals surface area contributed by atoms with Gasteiger partial charge >= 0.3 is 0 Å². The number of carbonyl (C=O) groups excluding carboxylic acids is 2. The highest BCUT2D eigenvalue weighted by Crippen LogP contribution is 2.27. The summed E-state index contributed by atoms with van der Waals surface area (Å²) >= 11 is 0. The molecule has 1 unspecified atom stereocenters. The molecule has 6 heteroatoms. The fourth-order valence-electron chi connectivity index (χ4n) is 3.55. The average Bonchev–Trinajstić information content (AvgIpc) is 3.24. The Bertz CT molecular complexity index is 762. The van der Waals surface area contributed by atoms with Crippen LogP contribution in [0.4, 0.5) is 0 Å². The molecule has 1 atom stereocenters. The van der Waals surface area contributed by atoms with Crippen LogP contribution in [0, 0.1) is 0 Å². The number of aromatic amines is 1. The first-order valence-electron chi connectivity index (χ1n) is 8.51. The molecule has 1 aromatic carbocycles. The molecule has 0 aliphatic carbocycles. The topological polar surface area (TPSA) is 74.4 Å². The highest BCUT2D eigenvalue weighted by molar-refractivity contribution is 5.90. The summed E-state index contributed by atoms with van der Waals surface area (Å²) in [5.74, 6) is 0.916. The van der Waals surface area contributed by atoms with Crippen LogP contribution in [-0.2, 0) is 9.59 Å². The molecule has 2 N–H and O–H groups in total. The third-order valence-corrected chi connectivity index (χ3v) is 4.90. The van der Waals surface area contributed by atoms with E-state index in [0.717, 1.165) is 29.5 Å². The van der Waals surface area contributed by atoms with E-state index in [1.54, 1.807) is 0 Å². The molecule has 1 aromatic heterocycles. The average molecular weight is 327 g/mol. The number of nitrogens with one attached hydrogen (secondary N) is 2. The van der Waals surface area contributed by atoms with Crippen LogP contribution in [0.1, 0.15) is 25.7 Å². The number of amides is 2. The van der Waals surface area contributed by atoms with Gasteiger partial charge in [0.05, 0.1) is 0 Å². The lowest BCUT2D eigenvalue weighted by atomic mass is 10.1. The fraction of sp³-hybridized carbons (Fsp3) is 0.444. The number of benzene rings is 1. The molecule has 0 bridgehead atoms. The summed E-state index contributed by atoms with van der Waals surface area (Å²) in [6.45, 7) is 1.36. The Labute approximate surface area is 140 Å². The second-order valence-corrected chi connectivity index (χ2v) is 6.50. The summed E-state index contributed by atoms with van der Waals surface area (Å²) < 4.78 is 6.17. The van der Waals surface area contributed by atoms with Gasteiger partial charge in [0.25, 0.3) is 0 Å². The molecule has 126 valence electrons. The molecule has 2 amide bonds. The molecule has 0 spiro atoms. The number of aromatic nitrogens is 1. The Morgan fingerprint density at radius 3 is 2.75 bits per heavy atom. The number of H-pyrrole nitrogens is 1. The normalized spacial score (nSPS) is 21.9. The van der Waals surface area contributed by atoms with E-state index in [1.807, 2.05) is 35.4 Å². The first-order valence-corrected chi connectivity index (χ1v) is 8.51. The van der Waals surface area contributed by atoms with Gasteiger partial charge < -0.3 is 19.9 Å². The van der Waals surface area contributed by atoms with Gasteiger partial charge in [0.15, 0.2) is 0 Å². The van der Waals surface area contributed by atoms with Gasteiger partial charge in [-0.2, -0.15) is 0 Å². The number of fused-ring (bicyclic) bond motifs is 1. The lowest BCUT2D eigenvalue weighted by Crippen LogP contribution is -2.49. The summed E-state index contributed by atoms with van der Waals surface area (Å²) in [4.78, 5) is 28.7. The van der Waals surface area contributed by atoms with Crippen molar-refractivity contribution in [3.8, 4) is 5.75 Å². The van der Waals surface area contributed by atoms with E-state index in [2.05, 4.69) is 10.3 Å². The molecule has 2 aromatic rings. The van der Waals surface area contributed by atoms with E-state index < -0.39 is 0 Å². The van der Waals surface area contributed by atoms with Crippen LogP contribution in [0.2, 0.25) is 0 Å². The molecule has 24 heavy (non-hydrogen) atoms. The van der Waals surface area contributed by atoms with Crippen molar-refractivity contribution in [1.29, 1.82) is 0 Å². The van der Waals surface area contributed by atoms with Gasteiger partial charge in [-0.05, 0) is 24.6 Å². The molecule has 3 heterocycles. The number of likely N-dealkylation sites (tertiary alicyclic amines) is 1. The van der Waals surface area contributed by atoms with Crippen molar-refractivity contribution in [2.75, 3.05) is 13.1 Å². The van der Waals surface area contributed by atoms with Gasteiger partial charge in [-0.25, -0.2) is 0 Å². The molecule has 2 aliphatic heterocycles. The first-order chi connectivity index (χ1) is 11.7. The highest BCUT2D eigenvalue weighted by Gasteiger charge is 2.33. The van der Waals surface area contributed by atoms with Crippen LogP contribution >= 0.6 is 0 Å². The molecule has 2 fully saturated rings. The second kappa shape index (κ2) is 6.19. The van der Waals surface area contributed by atoms with Crippen LogP contribution in [0.5, 0.6) is 5.75 Å². The molecule has 2 saturated heterocycles. The van der Waals surface area contributed by atoms with E-state index in [0.29, 0.717) is 25.9 Å². The smallest absolute Gasteiger partial charge is 0.245 e. The van der Waals surface area contributed by atoms with Gasteiger partial charge in [-0.15, -0.1) is 0 Å². The molecule has 0 saturated carbocycles. The van der Waals surface area contributed by atoms with Gasteiger partial charge in [-0.3, -0.25) is 9.59 Å². The zero-order valence-corrected chi connectivity index (χ0v) is 13.5. The number of hydrogen-bond donors (Lipinski definition) is 2. The summed E-state index contributed by atoms with van der Waals surface area (Å²) in [7, 11) is 0. The number of ether oxygens (including phenoxy) is 1. The Morgan fingerprint density at radius 2 is 2.00 bits per heavy atom. The number of piperidine rings is 1. The Hall–Kier alpha value is -2.50. The molecule has 4 rings (SSSR count). The van der Waals surface area contributed by atoms with E-state index in [9.17, 15) is 9.59 Å². The van der Waals surface area contributed by atoms with Crippen LogP contribution in [0.25, 0.3) is 10.9 Å². The number of carbonyl (C=O) groups is 2. The minimum absolute atomic E-state index is 0.0221. The van der Waals surface area contributed by atoms with Crippen LogP contribution in [-0.4, -0.2) is 46.9 Å². The van der Waals surface area contributed by atoms with Crippen LogP contribution in [0.3, 0.4) is 0 Å². The largest absolute Gasteiger partial charge is 0.490 e. The van der Waals surface area contributed by atoms with Gasteiger partial charge in [-0.1, -0.05) is 6.07 Å². The minimum Gasteiger partial charge on any atom is -0.490 e. The van der Waals surface area contributed by atoms with E-state index in [-0.39, 0.29) is 24.0 Å². The number of nitrogens with zero attached hydrogens (tertiary/aromatic N) is 1. The quantitative estimate of drug-likeness (QED) is 0.903. The molecule has 6 nitrogen and oxygen atoms in total. The minimum atomic E-state index is -0.330. The standard InChI is InChI=1S/C18H21N3O3/c22-17-5-4-15(20-17)18(23)21-10-7-12(8-11-21)24-16-3-1-2-14-13(16)6-9-19-14/h1-3,6,9,12,15,19H,4-5,7-8,10-11H2,(H,20,22). The zero-order valence-electron chi connectivity index (χ0n) is 13.5. The van der Waals surface area contributed by atoms with Crippen molar-refractivity contribution in [2.24, 2.45) is 0 Å². The lowest BCUT2D eigenvalue weighted by molar-refractivity contribution is -0.136. The molecule has 0 radical (unpaired) electrons. The third kappa shape index (κ3) is 2.84. The number of rotatable bonds is 3. The molecular formula is C18H21N3O3.